The Kier molecular flexibility index (Phi) is 6.48. The van der Waals surface area contributed by atoms with E-state index >= 15 is 0 Å². The SMILES string of the molecule is COCCCC1CN(C2=Nc3cc(Cl)ccc3Nc3sc(C(F)(F)F)cc32)CCN1C. The maximum Gasteiger partial charge on any atom is 0.425 e. The summed E-state index contributed by atoms with van der Waals surface area (Å²) >= 11 is 6.88. The molecule has 31 heavy (non-hydrogen) atoms. The average Bonchev–Trinajstić information content (AvgIpc) is 3.07. The van der Waals surface area contributed by atoms with Gasteiger partial charge in [-0.1, -0.05) is 11.6 Å². The van der Waals surface area contributed by atoms with Gasteiger partial charge in [0.15, 0.2) is 0 Å². The highest BCUT2D eigenvalue weighted by Gasteiger charge is 2.37. The van der Waals surface area contributed by atoms with E-state index in [2.05, 4.69) is 22.2 Å². The lowest BCUT2D eigenvalue weighted by Crippen LogP contribution is -2.53. The monoisotopic (exact) mass is 472 g/mol. The smallest absolute Gasteiger partial charge is 0.385 e. The Morgan fingerprint density at radius 3 is 2.84 bits per heavy atom. The molecule has 1 aromatic heterocycles. The molecule has 5 nitrogen and oxygen atoms in total. The highest BCUT2D eigenvalue weighted by Crippen LogP contribution is 2.44. The van der Waals surface area contributed by atoms with E-state index in [1.807, 2.05) is 0 Å². The molecule has 168 valence electrons. The van der Waals surface area contributed by atoms with Gasteiger partial charge in [-0.05, 0) is 44.2 Å². The largest absolute Gasteiger partial charge is 0.425 e. The molecule has 2 aromatic rings. The van der Waals surface area contributed by atoms with Crippen LogP contribution in [-0.2, 0) is 10.9 Å². The van der Waals surface area contributed by atoms with Gasteiger partial charge in [0, 0.05) is 44.4 Å². The molecule has 0 radical (unpaired) electrons. The number of ether oxygens (including phenoxy) is 1. The molecule has 1 saturated heterocycles. The number of methoxy groups -OCH3 is 1. The fourth-order valence-electron chi connectivity index (χ4n) is 3.94. The van der Waals surface area contributed by atoms with Gasteiger partial charge in [0.1, 0.15) is 15.7 Å². The number of amidine groups is 1. The van der Waals surface area contributed by atoms with E-state index in [9.17, 15) is 13.2 Å². The molecule has 1 fully saturated rings. The van der Waals surface area contributed by atoms with Crippen LogP contribution in [0.4, 0.5) is 29.5 Å². The zero-order valence-corrected chi connectivity index (χ0v) is 18.9. The summed E-state index contributed by atoms with van der Waals surface area (Å²) in [4.78, 5) is 8.56. The van der Waals surface area contributed by atoms with E-state index < -0.39 is 11.1 Å². The van der Waals surface area contributed by atoms with Crippen molar-refractivity contribution in [1.29, 1.82) is 0 Å². The molecular weight excluding hydrogens is 449 g/mol. The maximum atomic E-state index is 13.5. The molecule has 0 saturated carbocycles. The molecule has 1 aromatic carbocycles. The Balaban J connectivity index is 1.72. The Bertz CT molecular complexity index is 978. The summed E-state index contributed by atoms with van der Waals surface area (Å²) in [5, 5.41) is 4.12. The molecule has 3 heterocycles. The third-order valence-electron chi connectivity index (χ3n) is 5.65. The Hall–Kier alpha value is -1.81. The summed E-state index contributed by atoms with van der Waals surface area (Å²) in [6.45, 7) is 2.86. The van der Waals surface area contributed by atoms with Crippen LogP contribution in [0, 0.1) is 0 Å². The van der Waals surface area contributed by atoms with E-state index in [1.165, 1.54) is 6.07 Å². The lowest BCUT2D eigenvalue weighted by molar-refractivity contribution is -0.134. The van der Waals surface area contributed by atoms with Gasteiger partial charge in [-0.2, -0.15) is 13.2 Å². The number of nitrogens with one attached hydrogen (secondary N) is 1. The van der Waals surface area contributed by atoms with Gasteiger partial charge in [-0.15, -0.1) is 11.3 Å². The van der Waals surface area contributed by atoms with Crippen LogP contribution in [0.3, 0.4) is 0 Å². The van der Waals surface area contributed by atoms with Gasteiger partial charge in [0.05, 0.1) is 16.9 Å². The highest BCUT2D eigenvalue weighted by atomic mass is 35.5. The van der Waals surface area contributed by atoms with Crippen LogP contribution < -0.4 is 5.32 Å². The van der Waals surface area contributed by atoms with Crippen LogP contribution in [0.5, 0.6) is 0 Å². The topological polar surface area (TPSA) is 40.1 Å². The number of hydrogen-bond acceptors (Lipinski definition) is 6. The van der Waals surface area contributed by atoms with Gasteiger partial charge >= 0.3 is 6.18 Å². The Morgan fingerprint density at radius 1 is 1.29 bits per heavy atom. The molecule has 1 N–H and O–H groups in total. The zero-order chi connectivity index (χ0) is 22.2. The minimum Gasteiger partial charge on any atom is -0.385 e. The van der Waals surface area contributed by atoms with Crippen LogP contribution in [-0.4, -0.2) is 62.1 Å². The summed E-state index contributed by atoms with van der Waals surface area (Å²) in [5.74, 6) is 0.556. The maximum absolute atomic E-state index is 13.5. The first-order valence-electron chi connectivity index (χ1n) is 10.1. The number of halogens is 4. The van der Waals surface area contributed by atoms with E-state index in [1.54, 1.807) is 25.3 Å². The summed E-state index contributed by atoms with van der Waals surface area (Å²) in [6.07, 6.45) is -2.54. The van der Waals surface area contributed by atoms with Crippen LogP contribution in [0.1, 0.15) is 23.3 Å². The molecule has 1 atom stereocenters. The van der Waals surface area contributed by atoms with Crippen molar-refractivity contribution < 1.29 is 17.9 Å². The third kappa shape index (κ3) is 4.84. The summed E-state index contributed by atoms with van der Waals surface area (Å²) in [5.41, 5.74) is 1.74. The van der Waals surface area contributed by atoms with E-state index in [0.29, 0.717) is 63.8 Å². The molecule has 1 unspecified atom stereocenters. The normalized spacial score (nSPS) is 19.4. The average molecular weight is 473 g/mol. The van der Waals surface area contributed by atoms with Gasteiger partial charge < -0.3 is 15.0 Å². The Labute approximate surface area is 188 Å². The Morgan fingerprint density at radius 2 is 2.10 bits per heavy atom. The summed E-state index contributed by atoms with van der Waals surface area (Å²) < 4.78 is 45.6. The van der Waals surface area contributed by atoms with Gasteiger partial charge in [0.2, 0.25) is 0 Å². The van der Waals surface area contributed by atoms with Gasteiger partial charge in [0.25, 0.3) is 0 Å². The number of likely N-dealkylation sites (N-methyl/N-ethyl adjacent to an activating group) is 1. The molecule has 4 rings (SSSR count). The van der Waals surface area contributed by atoms with Crippen LogP contribution >= 0.6 is 22.9 Å². The fraction of sp³-hybridized carbons (Fsp3) is 0.476. The van der Waals surface area contributed by atoms with Crippen molar-refractivity contribution in [3.63, 3.8) is 0 Å². The van der Waals surface area contributed by atoms with E-state index in [-0.39, 0.29) is 6.04 Å². The molecular formula is C21H24ClF3N4OS. The van der Waals surface area contributed by atoms with E-state index in [0.717, 1.165) is 19.4 Å². The second-order valence-electron chi connectivity index (χ2n) is 7.79. The standard InChI is InChI=1S/C21H24ClF3N4OS/c1-28-7-8-29(12-14(28)4-3-9-30-2)19-15-11-18(21(23,24)25)31-20(15)27-16-6-5-13(22)10-17(16)26-19/h5-6,10-11,14,27H,3-4,7-9,12H2,1-2H3. The van der Waals surface area contributed by atoms with Crippen molar-refractivity contribution >= 4 is 45.1 Å². The number of alkyl halides is 3. The van der Waals surface area contributed by atoms with Crippen molar-refractivity contribution in [2.45, 2.75) is 25.1 Å². The molecule has 0 spiro atoms. The van der Waals surface area contributed by atoms with E-state index in [4.69, 9.17) is 21.3 Å². The number of hydrogen-bond donors (Lipinski definition) is 1. The summed E-state index contributed by atoms with van der Waals surface area (Å²) in [6, 6.07) is 6.66. The quantitative estimate of drug-likeness (QED) is 0.588. The third-order valence-corrected chi connectivity index (χ3v) is 6.98. The molecule has 10 heteroatoms. The number of rotatable bonds is 4. The van der Waals surface area contributed by atoms with Crippen molar-refractivity contribution in [3.05, 3.63) is 39.7 Å². The number of benzene rings is 1. The molecule has 0 bridgehead atoms. The second kappa shape index (κ2) is 8.97. The van der Waals surface area contributed by atoms with Crippen molar-refractivity contribution in [2.75, 3.05) is 45.7 Å². The van der Waals surface area contributed by atoms with Crippen LogP contribution in [0.15, 0.2) is 29.3 Å². The molecule has 2 aliphatic rings. The first-order chi connectivity index (χ1) is 14.8. The van der Waals surface area contributed by atoms with Crippen molar-refractivity contribution in [3.8, 4) is 0 Å². The molecule has 0 amide bonds. The number of aliphatic imine (C=N–C) groups is 1. The lowest BCUT2D eigenvalue weighted by atomic mass is 10.1. The lowest BCUT2D eigenvalue weighted by Gasteiger charge is -2.41. The first-order valence-corrected chi connectivity index (χ1v) is 11.3. The number of nitrogens with zero attached hydrogens (tertiary/aromatic N) is 3. The second-order valence-corrected chi connectivity index (χ2v) is 9.28. The fourth-order valence-corrected chi connectivity index (χ4v) is 5.04. The number of anilines is 2. The first kappa shape index (κ1) is 22.4. The van der Waals surface area contributed by atoms with Gasteiger partial charge in [-0.25, -0.2) is 4.99 Å². The number of thiophene rings is 1. The van der Waals surface area contributed by atoms with Crippen molar-refractivity contribution in [1.82, 2.24) is 9.80 Å². The predicted molar refractivity (Wildman–Crippen MR) is 119 cm³/mol. The van der Waals surface area contributed by atoms with Crippen LogP contribution in [0.25, 0.3) is 0 Å². The minimum absolute atomic E-state index is 0.269. The summed E-state index contributed by atoms with van der Waals surface area (Å²) in [7, 11) is 3.77. The minimum atomic E-state index is -4.41. The zero-order valence-electron chi connectivity index (χ0n) is 17.3. The van der Waals surface area contributed by atoms with Crippen molar-refractivity contribution in [2.24, 2.45) is 4.99 Å². The van der Waals surface area contributed by atoms with Gasteiger partial charge in [-0.3, -0.25) is 4.90 Å². The molecule has 2 aliphatic heterocycles. The number of fused-ring (bicyclic) bond motifs is 2. The highest BCUT2D eigenvalue weighted by molar-refractivity contribution is 7.16. The van der Waals surface area contributed by atoms with Crippen LogP contribution in [0.2, 0.25) is 5.02 Å². The predicted octanol–water partition coefficient (Wildman–Crippen LogP) is 5.60. The molecule has 0 aliphatic carbocycles. The number of piperazine rings is 1.